The van der Waals surface area contributed by atoms with Crippen molar-refractivity contribution in [1.29, 1.82) is 0 Å². The molecule has 1 unspecified atom stereocenters. The van der Waals surface area contributed by atoms with Crippen LogP contribution in [0.1, 0.15) is 34.6 Å². The van der Waals surface area contributed by atoms with Gasteiger partial charge in [0.05, 0.1) is 13.2 Å². The summed E-state index contributed by atoms with van der Waals surface area (Å²) in [4.78, 5) is 0. The maximum Gasteiger partial charge on any atom is 0.404 e. The van der Waals surface area contributed by atoms with E-state index in [1.165, 1.54) is 7.11 Å². The van der Waals surface area contributed by atoms with Gasteiger partial charge in [0, 0.05) is 31.1 Å². The molecule has 1 N–H and O–H groups in total. The van der Waals surface area contributed by atoms with Crippen molar-refractivity contribution in [3.63, 3.8) is 0 Å². The number of allylic oxidation sites excluding steroid dienone is 1. The quantitative estimate of drug-likeness (QED) is 0.248. The third kappa shape index (κ3) is 6.34. The van der Waals surface area contributed by atoms with Crippen LogP contribution in [0.3, 0.4) is 0 Å². The van der Waals surface area contributed by atoms with Gasteiger partial charge in [0.2, 0.25) is 0 Å². The number of hydrogen-bond donors (Lipinski definition) is 1. The first kappa shape index (κ1) is 26.6. The molecule has 0 radical (unpaired) electrons. The zero-order valence-electron chi connectivity index (χ0n) is 17.1. The van der Waals surface area contributed by atoms with Crippen LogP contribution in [0, 0.1) is 17.8 Å². The van der Waals surface area contributed by atoms with E-state index in [4.69, 9.17) is 4.74 Å². The van der Waals surface area contributed by atoms with Gasteiger partial charge in [0.25, 0.3) is 0 Å². The molecular formula is C19H30F6NO2+. The first-order chi connectivity index (χ1) is 12.5. The average Bonchev–Trinajstić information content (AvgIpc) is 2.51. The van der Waals surface area contributed by atoms with Gasteiger partial charge in [-0.1, -0.05) is 26.8 Å². The van der Waals surface area contributed by atoms with E-state index in [0.717, 1.165) is 17.7 Å². The van der Waals surface area contributed by atoms with E-state index < -0.39 is 36.0 Å². The van der Waals surface area contributed by atoms with Gasteiger partial charge < -0.3 is 9.84 Å². The summed E-state index contributed by atoms with van der Waals surface area (Å²) in [6.07, 6.45) is -8.64. The smallest absolute Gasteiger partial charge is 0.392 e. The van der Waals surface area contributed by atoms with Crippen LogP contribution < -0.4 is 0 Å². The van der Waals surface area contributed by atoms with Crippen LogP contribution in [0.2, 0.25) is 0 Å². The van der Waals surface area contributed by atoms with Crippen molar-refractivity contribution < 1.29 is 40.8 Å². The van der Waals surface area contributed by atoms with Gasteiger partial charge in [0.15, 0.2) is 17.7 Å². The topological polar surface area (TPSA) is 32.5 Å². The van der Waals surface area contributed by atoms with Gasteiger partial charge in [-0.05, 0) is 12.8 Å². The number of hydrogen-bond acceptors (Lipinski definition) is 2. The van der Waals surface area contributed by atoms with Crippen LogP contribution in [0.4, 0.5) is 26.3 Å². The fourth-order valence-electron chi connectivity index (χ4n) is 3.16. The van der Waals surface area contributed by atoms with Gasteiger partial charge >= 0.3 is 12.4 Å². The number of ether oxygens (including phenoxy) is 1. The van der Waals surface area contributed by atoms with E-state index >= 15 is 0 Å². The Kier molecular flexibility index (Phi) is 9.44. The summed E-state index contributed by atoms with van der Waals surface area (Å²) in [6, 6.07) is 0. The second-order valence-electron chi connectivity index (χ2n) is 7.38. The van der Waals surface area contributed by atoms with Crippen LogP contribution >= 0.6 is 0 Å². The average molecular weight is 418 g/mol. The first-order valence-corrected chi connectivity index (χ1v) is 8.75. The summed E-state index contributed by atoms with van der Waals surface area (Å²) >= 11 is 0. The second kappa shape index (κ2) is 9.91. The zero-order valence-corrected chi connectivity index (χ0v) is 17.1. The van der Waals surface area contributed by atoms with Gasteiger partial charge in [-0.3, -0.25) is 0 Å². The van der Waals surface area contributed by atoms with Gasteiger partial charge in [-0.25, -0.2) is 4.58 Å². The normalized spacial score (nSPS) is 17.8. The van der Waals surface area contributed by atoms with Crippen LogP contribution in [0.5, 0.6) is 0 Å². The Hall–Kier alpha value is -1.35. The SMILES string of the molecule is C=[N+](/C=C(\C)C(C(F)(F)F)C(F)(F)F)C(C)(/C(=C/COC)CO)[C@@H](C)C(C)C. The Morgan fingerprint density at radius 3 is 1.89 bits per heavy atom. The van der Waals surface area contributed by atoms with E-state index in [1.54, 1.807) is 19.9 Å². The van der Waals surface area contributed by atoms with Crippen molar-refractivity contribution in [2.45, 2.75) is 52.5 Å². The molecule has 2 atom stereocenters. The van der Waals surface area contributed by atoms with Crippen LogP contribution in [-0.2, 0) is 4.74 Å². The van der Waals surface area contributed by atoms with Crippen LogP contribution in [-0.4, -0.2) is 54.6 Å². The van der Waals surface area contributed by atoms with E-state index in [0.29, 0.717) is 5.57 Å². The minimum Gasteiger partial charge on any atom is -0.392 e. The zero-order chi connectivity index (χ0) is 22.5. The third-order valence-corrected chi connectivity index (χ3v) is 5.27. The van der Waals surface area contributed by atoms with Crippen molar-refractivity contribution in [2.75, 3.05) is 20.3 Å². The lowest BCUT2D eigenvalue weighted by Crippen LogP contribution is -2.48. The predicted molar refractivity (Wildman–Crippen MR) is 96.2 cm³/mol. The Balaban J connectivity index is 6.40. The van der Waals surface area contributed by atoms with Gasteiger partial charge in [0.1, 0.15) is 6.72 Å². The highest BCUT2D eigenvalue weighted by atomic mass is 19.4. The highest BCUT2D eigenvalue weighted by molar-refractivity contribution is 5.25. The molecule has 0 heterocycles. The Bertz CT molecular complexity index is 578. The van der Waals surface area contributed by atoms with E-state index in [-0.39, 0.29) is 18.4 Å². The Morgan fingerprint density at radius 2 is 1.57 bits per heavy atom. The fraction of sp³-hybridized carbons (Fsp3) is 0.737. The van der Waals surface area contributed by atoms with Crippen molar-refractivity contribution in [3.05, 3.63) is 23.4 Å². The molecule has 0 aliphatic rings. The van der Waals surface area contributed by atoms with Crippen LogP contribution in [0.25, 0.3) is 0 Å². The summed E-state index contributed by atoms with van der Waals surface area (Å²) in [7, 11) is 1.43. The molecule has 0 saturated heterocycles. The molecule has 0 amide bonds. The number of aliphatic hydroxyl groups is 1. The number of aliphatic hydroxyl groups excluding tert-OH is 1. The minimum atomic E-state index is -5.48. The van der Waals surface area contributed by atoms with Gasteiger partial charge in [-0.2, -0.15) is 26.3 Å². The molecule has 164 valence electrons. The van der Waals surface area contributed by atoms with E-state index in [2.05, 4.69) is 6.72 Å². The first-order valence-electron chi connectivity index (χ1n) is 8.75. The van der Waals surface area contributed by atoms with Crippen molar-refractivity contribution >= 4 is 6.72 Å². The van der Waals surface area contributed by atoms with Crippen molar-refractivity contribution in [2.24, 2.45) is 17.8 Å². The highest BCUT2D eigenvalue weighted by Crippen LogP contribution is 2.44. The maximum atomic E-state index is 13.0. The third-order valence-electron chi connectivity index (χ3n) is 5.27. The Labute approximate surface area is 162 Å². The molecule has 0 aromatic carbocycles. The largest absolute Gasteiger partial charge is 0.404 e. The molecule has 0 aliphatic carbocycles. The molecule has 9 heteroatoms. The summed E-state index contributed by atoms with van der Waals surface area (Å²) in [5, 5.41) is 9.81. The maximum absolute atomic E-state index is 13.0. The second-order valence-corrected chi connectivity index (χ2v) is 7.38. The van der Waals surface area contributed by atoms with Crippen LogP contribution in [0.15, 0.2) is 23.4 Å². The lowest BCUT2D eigenvalue weighted by molar-refractivity contribution is -0.539. The molecule has 0 spiro atoms. The predicted octanol–water partition coefficient (Wildman–Crippen LogP) is 4.96. The van der Waals surface area contributed by atoms with Crippen molar-refractivity contribution in [3.8, 4) is 0 Å². The lowest BCUT2D eigenvalue weighted by Gasteiger charge is -2.35. The molecule has 3 nitrogen and oxygen atoms in total. The van der Waals surface area contributed by atoms with E-state index in [1.807, 2.05) is 13.8 Å². The van der Waals surface area contributed by atoms with Gasteiger partial charge in [-0.15, -0.1) is 0 Å². The highest BCUT2D eigenvalue weighted by Gasteiger charge is 2.58. The Morgan fingerprint density at radius 1 is 1.11 bits per heavy atom. The standard InChI is InChI=1S/C19H30F6NO2/c1-12(2)14(4)17(5,15(11-27)8-9-28-7)26(6)10-13(3)16(18(20,21)22)19(23,24)25/h8,10,12,14,16,27H,6,9,11H2,1-5,7H3/q+1/b13-10+,15-8+/t14-,17?/m0/s1. The number of alkyl halides is 6. The summed E-state index contributed by atoms with van der Waals surface area (Å²) in [5.41, 5.74) is -1.67. The lowest BCUT2D eigenvalue weighted by atomic mass is 9.74. The molecule has 28 heavy (non-hydrogen) atoms. The summed E-state index contributed by atoms with van der Waals surface area (Å²) in [6.45, 7) is 11.3. The fourth-order valence-corrected chi connectivity index (χ4v) is 3.16. The molecule has 0 aromatic rings. The molecule has 0 aromatic heterocycles. The molecule has 0 rings (SSSR count). The summed E-state index contributed by atoms with van der Waals surface area (Å²) < 4.78 is 84.2. The molecular weight excluding hydrogens is 388 g/mol. The minimum absolute atomic E-state index is 0.00137. The monoisotopic (exact) mass is 418 g/mol. The number of nitrogens with zero attached hydrogens (tertiary/aromatic N) is 1. The van der Waals surface area contributed by atoms with Crippen molar-refractivity contribution in [1.82, 2.24) is 0 Å². The molecule has 0 fully saturated rings. The molecule has 0 saturated carbocycles. The summed E-state index contributed by atoms with van der Waals surface area (Å²) in [5.74, 6) is -3.86. The number of methoxy groups -OCH3 is 1. The number of rotatable bonds is 9. The molecule has 0 aliphatic heterocycles. The van der Waals surface area contributed by atoms with E-state index in [9.17, 15) is 31.4 Å². The molecule has 0 bridgehead atoms. The number of halogens is 6.